The molecule has 0 radical (unpaired) electrons. The number of benzene rings is 1. The second kappa shape index (κ2) is 5.45. The predicted octanol–water partition coefficient (Wildman–Crippen LogP) is 2.78. The van der Waals surface area contributed by atoms with Crippen LogP contribution in [0, 0.1) is 5.92 Å². The van der Waals surface area contributed by atoms with Crippen LogP contribution < -0.4 is 10.1 Å². The number of nitrogens with one attached hydrogen (secondary N) is 1. The molecule has 1 heterocycles. The van der Waals surface area contributed by atoms with Crippen molar-refractivity contribution in [1.82, 2.24) is 5.32 Å². The van der Waals surface area contributed by atoms with Crippen molar-refractivity contribution in [2.24, 2.45) is 5.92 Å². The Morgan fingerprint density at radius 2 is 2.29 bits per heavy atom. The molecule has 1 N–H and O–H groups in total. The summed E-state index contributed by atoms with van der Waals surface area (Å²) in [6, 6.07) is 4.80. The third-order valence-corrected chi connectivity index (χ3v) is 3.26. The summed E-state index contributed by atoms with van der Waals surface area (Å²) in [7, 11) is 1.55. The van der Waals surface area contributed by atoms with Crippen molar-refractivity contribution < 1.29 is 13.5 Å². The van der Waals surface area contributed by atoms with Crippen LogP contribution in [0.4, 0.5) is 8.78 Å². The van der Waals surface area contributed by atoms with Gasteiger partial charge in [-0.15, -0.1) is 0 Å². The molecule has 0 aromatic heterocycles. The third-order valence-electron chi connectivity index (χ3n) is 3.26. The first-order valence-corrected chi connectivity index (χ1v) is 5.86. The fourth-order valence-electron chi connectivity index (χ4n) is 2.30. The van der Waals surface area contributed by atoms with E-state index in [9.17, 15) is 8.78 Å². The summed E-state index contributed by atoms with van der Waals surface area (Å²) >= 11 is 0. The van der Waals surface area contributed by atoms with Gasteiger partial charge >= 0.3 is 0 Å². The van der Waals surface area contributed by atoms with Crippen molar-refractivity contribution in [2.45, 2.75) is 19.3 Å². The average molecular weight is 241 g/mol. The maximum Gasteiger partial charge on any atom is 0.264 e. The van der Waals surface area contributed by atoms with Gasteiger partial charge in [0.1, 0.15) is 5.75 Å². The summed E-state index contributed by atoms with van der Waals surface area (Å²) in [5.74, 6) is 1.11. The lowest BCUT2D eigenvalue weighted by Gasteiger charge is -2.14. The summed E-state index contributed by atoms with van der Waals surface area (Å²) < 4.78 is 30.9. The second-order valence-corrected chi connectivity index (χ2v) is 4.43. The Kier molecular flexibility index (Phi) is 3.94. The van der Waals surface area contributed by atoms with E-state index in [1.807, 2.05) is 0 Å². The highest BCUT2D eigenvalue weighted by molar-refractivity contribution is 5.36. The monoisotopic (exact) mass is 241 g/mol. The van der Waals surface area contributed by atoms with Gasteiger partial charge in [-0.3, -0.25) is 0 Å². The van der Waals surface area contributed by atoms with Gasteiger partial charge in [0.05, 0.1) is 7.11 Å². The van der Waals surface area contributed by atoms with Crippen LogP contribution in [0.25, 0.3) is 0 Å². The zero-order chi connectivity index (χ0) is 12.3. The van der Waals surface area contributed by atoms with E-state index in [0.717, 1.165) is 19.5 Å². The molecule has 2 rings (SSSR count). The normalized spacial score (nSPS) is 19.9. The van der Waals surface area contributed by atoms with Crippen molar-refractivity contribution in [1.29, 1.82) is 0 Å². The molecule has 2 nitrogen and oxygen atoms in total. The van der Waals surface area contributed by atoms with E-state index in [2.05, 4.69) is 5.32 Å². The molecule has 0 saturated carbocycles. The lowest BCUT2D eigenvalue weighted by atomic mass is 9.95. The van der Waals surface area contributed by atoms with E-state index >= 15 is 0 Å². The zero-order valence-corrected chi connectivity index (χ0v) is 9.88. The number of methoxy groups -OCH3 is 1. The van der Waals surface area contributed by atoms with Crippen molar-refractivity contribution >= 4 is 0 Å². The highest BCUT2D eigenvalue weighted by Crippen LogP contribution is 2.29. The number of hydrogen-bond donors (Lipinski definition) is 1. The molecule has 1 aromatic carbocycles. The molecule has 17 heavy (non-hydrogen) atoms. The SMILES string of the molecule is COc1ccc(C(F)F)c(CC2CCNC2)c1. The molecule has 4 heteroatoms. The van der Waals surface area contributed by atoms with Gasteiger partial charge in [0.15, 0.2) is 0 Å². The van der Waals surface area contributed by atoms with E-state index in [1.54, 1.807) is 19.2 Å². The molecular weight excluding hydrogens is 224 g/mol. The van der Waals surface area contributed by atoms with Crippen LogP contribution in [0.2, 0.25) is 0 Å². The molecule has 0 aliphatic carbocycles. The van der Waals surface area contributed by atoms with Gasteiger partial charge in [0.2, 0.25) is 0 Å². The number of hydrogen-bond acceptors (Lipinski definition) is 2. The topological polar surface area (TPSA) is 21.3 Å². The van der Waals surface area contributed by atoms with Crippen molar-refractivity contribution in [2.75, 3.05) is 20.2 Å². The maximum absolute atomic E-state index is 12.9. The van der Waals surface area contributed by atoms with Crippen LogP contribution in [-0.2, 0) is 6.42 Å². The van der Waals surface area contributed by atoms with Crippen LogP contribution in [0.5, 0.6) is 5.75 Å². The summed E-state index contributed by atoms with van der Waals surface area (Å²) in [5.41, 5.74) is 0.853. The minimum Gasteiger partial charge on any atom is -0.497 e. The van der Waals surface area contributed by atoms with E-state index < -0.39 is 6.43 Å². The maximum atomic E-state index is 12.9. The van der Waals surface area contributed by atoms with Gasteiger partial charge in [0, 0.05) is 5.56 Å². The van der Waals surface area contributed by atoms with Gasteiger partial charge in [-0.2, -0.15) is 0 Å². The first-order valence-electron chi connectivity index (χ1n) is 5.86. The van der Waals surface area contributed by atoms with Crippen LogP contribution in [0.15, 0.2) is 18.2 Å². The quantitative estimate of drug-likeness (QED) is 0.875. The molecule has 1 atom stereocenters. The molecule has 0 spiro atoms. The lowest BCUT2D eigenvalue weighted by Crippen LogP contribution is -2.11. The Bertz CT molecular complexity index is 376. The Hall–Kier alpha value is -1.16. The minimum atomic E-state index is -2.41. The van der Waals surface area contributed by atoms with Gasteiger partial charge in [0.25, 0.3) is 6.43 Å². The molecule has 94 valence electrons. The molecule has 0 bridgehead atoms. The fourth-order valence-corrected chi connectivity index (χ4v) is 2.30. The number of ether oxygens (including phenoxy) is 1. The van der Waals surface area contributed by atoms with Crippen LogP contribution in [-0.4, -0.2) is 20.2 Å². The zero-order valence-electron chi connectivity index (χ0n) is 9.88. The smallest absolute Gasteiger partial charge is 0.264 e. The number of alkyl halides is 2. The molecule has 1 saturated heterocycles. The molecule has 1 aliphatic heterocycles. The molecule has 1 fully saturated rings. The van der Waals surface area contributed by atoms with Crippen molar-refractivity contribution in [3.05, 3.63) is 29.3 Å². The summed E-state index contributed by atoms with van der Waals surface area (Å²) in [5, 5.41) is 3.25. The van der Waals surface area contributed by atoms with Crippen molar-refractivity contribution in [3.63, 3.8) is 0 Å². The predicted molar refractivity (Wildman–Crippen MR) is 62.6 cm³/mol. The molecule has 1 aromatic rings. The molecule has 0 amide bonds. The Balaban J connectivity index is 2.21. The number of rotatable bonds is 4. The molecule has 1 unspecified atom stereocenters. The first kappa shape index (κ1) is 12.3. The number of halogens is 2. The first-order chi connectivity index (χ1) is 8.20. The summed E-state index contributed by atoms with van der Waals surface area (Å²) in [6.07, 6.45) is -0.658. The summed E-state index contributed by atoms with van der Waals surface area (Å²) in [4.78, 5) is 0. The Morgan fingerprint density at radius 1 is 1.47 bits per heavy atom. The fraction of sp³-hybridized carbons (Fsp3) is 0.538. The van der Waals surface area contributed by atoms with Crippen LogP contribution >= 0.6 is 0 Å². The van der Waals surface area contributed by atoms with Gasteiger partial charge in [-0.25, -0.2) is 8.78 Å². The molecular formula is C13H17F2NO. The van der Waals surface area contributed by atoms with Gasteiger partial charge < -0.3 is 10.1 Å². The Labute approximate surface area is 100.0 Å². The highest BCUT2D eigenvalue weighted by Gasteiger charge is 2.20. The van der Waals surface area contributed by atoms with E-state index in [4.69, 9.17) is 4.74 Å². The van der Waals surface area contributed by atoms with E-state index in [0.29, 0.717) is 23.7 Å². The standard InChI is InChI=1S/C13H17F2NO/c1-17-11-2-3-12(13(14)15)10(7-11)6-9-4-5-16-8-9/h2-3,7,9,13,16H,4-6,8H2,1H3. The average Bonchev–Trinajstić information content (AvgIpc) is 2.81. The van der Waals surface area contributed by atoms with Crippen molar-refractivity contribution in [3.8, 4) is 5.75 Å². The summed E-state index contributed by atoms with van der Waals surface area (Å²) in [6.45, 7) is 1.90. The third kappa shape index (κ3) is 2.94. The van der Waals surface area contributed by atoms with Gasteiger partial charge in [-0.1, -0.05) is 0 Å². The lowest BCUT2D eigenvalue weighted by molar-refractivity contribution is 0.150. The second-order valence-electron chi connectivity index (χ2n) is 4.43. The van der Waals surface area contributed by atoms with Crippen LogP contribution in [0.1, 0.15) is 24.0 Å². The highest BCUT2D eigenvalue weighted by atomic mass is 19.3. The Morgan fingerprint density at radius 3 is 2.88 bits per heavy atom. The van der Waals surface area contributed by atoms with Crippen LogP contribution in [0.3, 0.4) is 0 Å². The van der Waals surface area contributed by atoms with E-state index in [1.165, 1.54) is 6.07 Å². The minimum absolute atomic E-state index is 0.137. The molecule has 1 aliphatic rings. The largest absolute Gasteiger partial charge is 0.497 e. The van der Waals surface area contributed by atoms with E-state index in [-0.39, 0.29) is 5.56 Å². The van der Waals surface area contributed by atoms with Gasteiger partial charge in [-0.05, 0) is 55.6 Å².